The van der Waals surface area contributed by atoms with Crippen LogP contribution in [0.2, 0.25) is 0 Å². The van der Waals surface area contributed by atoms with Gasteiger partial charge in [0.2, 0.25) is 0 Å². The van der Waals surface area contributed by atoms with Gasteiger partial charge in [0.05, 0.1) is 7.82 Å². The maximum Gasteiger partial charge on any atom is 1.00 e. The van der Waals surface area contributed by atoms with Gasteiger partial charge in [-0.25, -0.2) is 0 Å². The van der Waals surface area contributed by atoms with Gasteiger partial charge in [0.25, 0.3) is 0 Å². The van der Waals surface area contributed by atoms with Crippen molar-refractivity contribution in [1.29, 1.82) is 0 Å². The van der Waals surface area contributed by atoms with Crippen molar-refractivity contribution in [3.63, 3.8) is 0 Å². The molecule has 0 aromatic carbocycles. The third kappa shape index (κ3) is 1880. The molecule has 0 rings (SSSR count). The summed E-state index contributed by atoms with van der Waals surface area (Å²) in [6, 6.07) is 0. The molecular weight excluding hydrogens is 132 g/mol. The number of nitrogens with two attached hydrogens (primary N) is 1. The fourth-order valence-corrected chi connectivity index (χ4v) is 0. The zero-order valence-corrected chi connectivity index (χ0v) is 5.00. The maximum absolute atomic E-state index is 8.66. The quantitative estimate of drug-likeness (QED) is 0.252. The van der Waals surface area contributed by atoms with Crippen LogP contribution < -0.4 is 34.2 Å². The second kappa shape index (κ2) is 7.31. The zero-order chi connectivity index (χ0) is 6.50. The second-order valence-electron chi connectivity index (χ2n) is 0.469. The minimum atomic E-state index is -5.14. The first-order chi connectivity index (χ1) is 3.00. The van der Waals surface area contributed by atoms with Crippen molar-refractivity contribution in [2.24, 2.45) is 0 Å². The van der Waals surface area contributed by atoms with Crippen LogP contribution >= 0.6 is 7.82 Å². The third-order valence-corrected chi connectivity index (χ3v) is 0. The fourth-order valence-electron chi connectivity index (χ4n) is 0. The summed E-state index contributed by atoms with van der Waals surface area (Å²) in [5, 5.41) is 0. The van der Waals surface area contributed by atoms with Gasteiger partial charge in [-0.05, 0) is 5.59 Å². The number of phosphoric acid groups is 1. The van der Waals surface area contributed by atoms with Gasteiger partial charge in [0, 0.05) is 4.91 Å². The van der Waals surface area contributed by atoms with E-state index in [1.165, 1.54) is 0 Å². The Morgan fingerprint density at radius 3 is 1.38 bits per heavy atom. The van der Waals surface area contributed by atoms with Gasteiger partial charge in [-0.3, -0.25) is 0 Å². The Bertz CT molecular complexity index is 68.2. The molecular formula is H3LiNO5P. The number of hydrogen-bond donors (Lipinski definition) is 2. The summed E-state index contributed by atoms with van der Waals surface area (Å²) in [5.74, 6) is 0. The van der Waals surface area contributed by atoms with E-state index in [-0.39, 0.29) is 18.9 Å². The van der Waals surface area contributed by atoms with Crippen molar-refractivity contribution in [2.75, 3.05) is 0 Å². The van der Waals surface area contributed by atoms with Crippen LogP contribution in [0.1, 0.15) is 0 Å². The van der Waals surface area contributed by atoms with Crippen molar-refractivity contribution in [3.8, 4) is 0 Å². The molecule has 0 amide bonds. The monoisotopic (exact) mass is 135 g/mol. The van der Waals surface area contributed by atoms with Crippen molar-refractivity contribution in [1.82, 2.24) is 0 Å². The van der Waals surface area contributed by atoms with Crippen molar-refractivity contribution < 1.29 is 43.7 Å². The third-order valence-electron chi connectivity index (χ3n) is 0. The molecule has 0 heterocycles. The molecule has 8 heavy (non-hydrogen) atoms. The number of rotatable bonds is 0. The number of hydrogen-bond acceptors (Lipinski definition) is 4. The zero-order valence-electron chi connectivity index (χ0n) is 4.10. The molecule has 0 bridgehead atoms. The van der Waals surface area contributed by atoms with Crippen molar-refractivity contribution >= 4 is 7.82 Å². The van der Waals surface area contributed by atoms with Crippen LogP contribution in [0.5, 0.6) is 0 Å². The van der Waals surface area contributed by atoms with Gasteiger partial charge in [-0.15, -0.1) is 0 Å². The average Bonchev–Trinajstić information content (AvgIpc) is 1.36. The van der Waals surface area contributed by atoms with Crippen molar-refractivity contribution in [3.05, 3.63) is 4.91 Å². The first-order valence-corrected chi connectivity index (χ1v) is 2.48. The first kappa shape index (κ1) is 15.7. The van der Waals surface area contributed by atoms with Gasteiger partial charge in [0.1, 0.15) is 0 Å². The summed E-state index contributed by atoms with van der Waals surface area (Å²) in [4.78, 5) is 32.0. The summed E-state index contributed by atoms with van der Waals surface area (Å²) in [6.07, 6.45) is 0. The van der Waals surface area contributed by atoms with Crippen LogP contribution in [0.15, 0.2) is 0 Å². The van der Waals surface area contributed by atoms with E-state index < -0.39 is 7.82 Å². The molecule has 0 aliphatic carbocycles. The summed E-state index contributed by atoms with van der Waals surface area (Å²) in [5.41, 5.74) is 3.25. The molecule has 0 fully saturated rings. The van der Waals surface area contributed by atoms with Crippen LogP contribution in [0, 0.1) is 4.91 Å². The molecule has 0 radical (unpaired) electrons. The van der Waals surface area contributed by atoms with Gasteiger partial charge in [-0.1, -0.05) is 0 Å². The molecule has 0 aromatic rings. The Labute approximate surface area is 57.1 Å². The smallest absolute Gasteiger partial charge is 0.790 e. The molecule has 0 saturated carbocycles. The largest absolute Gasteiger partial charge is 1.00 e. The number of nitroso groups, excluding NO2 is 1. The molecule has 0 aliphatic heterocycles. The Kier molecular flexibility index (Phi) is 14.4. The molecule has 0 atom stereocenters. The molecule has 3 N–H and O–H groups in total. The van der Waals surface area contributed by atoms with Crippen LogP contribution in [0.3, 0.4) is 0 Å². The first-order valence-electron chi connectivity index (χ1n) is 0.983. The van der Waals surface area contributed by atoms with E-state index in [0.29, 0.717) is 0 Å². The topological polar surface area (TPSA) is 126 Å². The van der Waals surface area contributed by atoms with Gasteiger partial charge < -0.3 is 19.2 Å². The summed E-state index contributed by atoms with van der Waals surface area (Å²) < 4.78 is 8.66. The van der Waals surface area contributed by atoms with E-state index in [9.17, 15) is 0 Å². The van der Waals surface area contributed by atoms with Crippen LogP contribution in [0.4, 0.5) is 0 Å². The van der Waals surface area contributed by atoms with Crippen LogP contribution in [-0.2, 0) is 4.57 Å². The maximum atomic E-state index is 8.66. The molecule has 0 spiro atoms. The predicted octanol–water partition coefficient (Wildman–Crippen LogP) is -6.68. The SMILES string of the molecule is O=P([O-])([O-])O.[Li+].[NH2+]=O. The van der Waals surface area contributed by atoms with Gasteiger partial charge in [-0.2, -0.15) is 0 Å². The standard InChI is InChI=1S/Li.H2NO.H3O4P/c;1-2;1-5(2,3)4/h;1H2;(H3,1,2,3,4)/q2*+1;/p-2. The van der Waals surface area contributed by atoms with E-state index in [2.05, 4.69) is 5.59 Å². The van der Waals surface area contributed by atoms with E-state index in [0.717, 1.165) is 0 Å². The van der Waals surface area contributed by atoms with E-state index in [1.54, 1.807) is 0 Å². The fraction of sp³-hybridized carbons (Fsp3) is 0. The minimum absolute atomic E-state index is 0. The molecule has 6 nitrogen and oxygen atoms in total. The molecule has 0 aromatic heterocycles. The molecule has 0 saturated heterocycles. The Morgan fingerprint density at radius 2 is 1.38 bits per heavy atom. The summed E-state index contributed by atoms with van der Waals surface area (Å²) in [6.45, 7) is 0. The minimum Gasteiger partial charge on any atom is -0.790 e. The van der Waals surface area contributed by atoms with Gasteiger partial charge in [0.15, 0.2) is 0 Å². The molecule has 44 valence electrons. The normalized spacial score (nSPS) is 7.88. The predicted molar refractivity (Wildman–Crippen MR) is 15.1 cm³/mol. The second-order valence-corrected chi connectivity index (χ2v) is 1.41. The average molecular weight is 135 g/mol. The summed E-state index contributed by atoms with van der Waals surface area (Å²) >= 11 is 0. The summed E-state index contributed by atoms with van der Waals surface area (Å²) in [7, 11) is -5.14. The van der Waals surface area contributed by atoms with E-state index in [4.69, 9.17) is 24.2 Å². The van der Waals surface area contributed by atoms with Gasteiger partial charge >= 0.3 is 18.9 Å². The van der Waals surface area contributed by atoms with Crippen molar-refractivity contribution in [2.45, 2.75) is 0 Å². The van der Waals surface area contributed by atoms with Crippen LogP contribution in [-0.4, -0.2) is 4.89 Å². The molecule has 0 aliphatic rings. The Balaban J connectivity index is -0.0000000750. The van der Waals surface area contributed by atoms with E-state index >= 15 is 0 Å². The van der Waals surface area contributed by atoms with E-state index in [1.807, 2.05) is 0 Å². The molecule has 8 heteroatoms. The Morgan fingerprint density at radius 1 is 1.38 bits per heavy atom. The molecule has 0 unspecified atom stereocenters. The van der Waals surface area contributed by atoms with Crippen LogP contribution in [0.25, 0.3) is 0 Å². The Hall–Kier alpha value is 0.307.